The number of anilines is 2. The highest BCUT2D eigenvalue weighted by Crippen LogP contribution is 2.26. The van der Waals surface area contributed by atoms with Gasteiger partial charge in [-0.1, -0.05) is 23.8 Å². The molecule has 6 nitrogen and oxygen atoms in total. The topological polar surface area (TPSA) is 70.7 Å². The lowest BCUT2D eigenvalue weighted by molar-refractivity contribution is -0.117. The number of rotatable bonds is 4. The van der Waals surface area contributed by atoms with E-state index in [1.54, 1.807) is 12.0 Å². The van der Waals surface area contributed by atoms with Gasteiger partial charge in [-0.3, -0.25) is 4.79 Å². The molecule has 0 unspecified atom stereocenters. The SMILES string of the molecule is COc1cccc(N2C[C@H](NC(=O)Nc3c(C)cc(C)cc3C)CC2=O)c1. The van der Waals surface area contributed by atoms with Crippen molar-refractivity contribution in [1.29, 1.82) is 0 Å². The Labute approximate surface area is 159 Å². The molecule has 0 aromatic heterocycles. The van der Waals surface area contributed by atoms with Crippen molar-refractivity contribution in [2.24, 2.45) is 0 Å². The molecule has 0 radical (unpaired) electrons. The first-order valence-electron chi connectivity index (χ1n) is 8.97. The van der Waals surface area contributed by atoms with Crippen LogP contribution in [-0.2, 0) is 4.79 Å². The van der Waals surface area contributed by atoms with E-state index in [1.807, 2.05) is 57.2 Å². The van der Waals surface area contributed by atoms with E-state index in [9.17, 15) is 9.59 Å². The Morgan fingerprint density at radius 3 is 2.52 bits per heavy atom. The highest BCUT2D eigenvalue weighted by molar-refractivity contribution is 5.98. The molecule has 6 heteroatoms. The molecular weight excluding hydrogens is 342 g/mol. The van der Waals surface area contributed by atoms with Gasteiger partial charge in [-0.25, -0.2) is 4.79 Å². The number of ether oxygens (including phenoxy) is 1. The molecule has 1 aliphatic rings. The standard InChI is InChI=1S/C21H25N3O3/c1-13-8-14(2)20(15(3)9-13)23-21(26)22-16-10-19(25)24(12-16)17-6-5-7-18(11-17)27-4/h5-9,11,16H,10,12H2,1-4H3,(H2,22,23,26)/t16-/m1/s1. The van der Waals surface area contributed by atoms with Gasteiger partial charge in [0.25, 0.3) is 0 Å². The van der Waals surface area contributed by atoms with Crippen molar-refractivity contribution in [2.75, 3.05) is 23.9 Å². The Morgan fingerprint density at radius 2 is 1.85 bits per heavy atom. The van der Waals surface area contributed by atoms with Gasteiger partial charge in [-0.05, 0) is 44.0 Å². The van der Waals surface area contributed by atoms with Gasteiger partial charge in [0.05, 0.1) is 13.2 Å². The minimum atomic E-state index is -0.296. The summed E-state index contributed by atoms with van der Waals surface area (Å²) < 4.78 is 5.22. The quantitative estimate of drug-likeness (QED) is 0.868. The molecule has 142 valence electrons. The van der Waals surface area contributed by atoms with Crippen LogP contribution in [0.3, 0.4) is 0 Å². The van der Waals surface area contributed by atoms with Crippen LogP contribution in [0, 0.1) is 20.8 Å². The number of aryl methyl sites for hydroxylation is 3. The Hall–Kier alpha value is -3.02. The second-order valence-corrected chi connectivity index (χ2v) is 6.98. The summed E-state index contributed by atoms with van der Waals surface area (Å²) in [7, 11) is 1.59. The van der Waals surface area contributed by atoms with Crippen molar-refractivity contribution in [2.45, 2.75) is 33.2 Å². The van der Waals surface area contributed by atoms with Crippen LogP contribution in [0.25, 0.3) is 0 Å². The number of nitrogens with zero attached hydrogens (tertiary/aromatic N) is 1. The summed E-state index contributed by atoms with van der Waals surface area (Å²) in [5, 5.41) is 5.83. The molecule has 1 heterocycles. The van der Waals surface area contributed by atoms with Gasteiger partial charge in [0.15, 0.2) is 0 Å². The van der Waals surface area contributed by atoms with Crippen LogP contribution in [0.1, 0.15) is 23.1 Å². The molecule has 0 spiro atoms. The van der Waals surface area contributed by atoms with Crippen LogP contribution in [0.5, 0.6) is 5.75 Å². The maximum absolute atomic E-state index is 12.4. The average Bonchev–Trinajstić information content (AvgIpc) is 2.98. The number of amides is 3. The molecule has 27 heavy (non-hydrogen) atoms. The van der Waals surface area contributed by atoms with E-state index in [1.165, 1.54) is 0 Å². The lowest BCUT2D eigenvalue weighted by Crippen LogP contribution is -2.40. The Morgan fingerprint density at radius 1 is 1.15 bits per heavy atom. The summed E-state index contributed by atoms with van der Waals surface area (Å²) in [5.41, 5.74) is 4.78. The van der Waals surface area contributed by atoms with Crippen LogP contribution in [-0.4, -0.2) is 31.6 Å². The van der Waals surface area contributed by atoms with Crippen LogP contribution < -0.4 is 20.3 Å². The predicted molar refractivity (Wildman–Crippen MR) is 107 cm³/mol. The first-order chi connectivity index (χ1) is 12.9. The highest BCUT2D eigenvalue weighted by atomic mass is 16.5. The van der Waals surface area contributed by atoms with Gasteiger partial charge in [0, 0.05) is 30.4 Å². The molecule has 0 bridgehead atoms. The molecule has 1 atom stereocenters. The van der Waals surface area contributed by atoms with Crippen molar-refractivity contribution in [1.82, 2.24) is 5.32 Å². The largest absolute Gasteiger partial charge is 0.497 e. The summed E-state index contributed by atoms with van der Waals surface area (Å²) in [6.07, 6.45) is 0.274. The fourth-order valence-electron chi connectivity index (χ4n) is 3.54. The smallest absolute Gasteiger partial charge is 0.319 e. The van der Waals surface area contributed by atoms with Crippen LogP contribution >= 0.6 is 0 Å². The van der Waals surface area contributed by atoms with Crippen molar-refractivity contribution >= 4 is 23.3 Å². The molecule has 1 aliphatic heterocycles. The predicted octanol–water partition coefficient (Wildman–Crippen LogP) is 3.55. The van der Waals surface area contributed by atoms with Crippen molar-refractivity contribution in [3.8, 4) is 5.75 Å². The zero-order valence-corrected chi connectivity index (χ0v) is 16.1. The lowest BCUT2D eigenvalue weighted by Gasteiger charge is -2.19. The molecule has 3 amide bonds. The second kappa shape index (κ2) is 7.70. The van der Waals surface area contributed by atoms with Crippen molar-refractivity contribution in [3.05, 3.63) is 53.1 Å². The van der Waals surface area contributed by atoms with E-state index in [0.29, 0.717) is 12.3 Å². The normalized spacial score (nSPS) is 16.4. The number of carbonyl (C=O) groups is 2. The van der Waals surface area contributed by atoms with E-state index in [-0.39, 0.29) is 24.4 Å². The summed E-state index contributed by atoms with van der Waals surface area (Å²) in [6.45, 7) is 6.41. The number of hydrogen-bond donors (Lipinski definition) is 2. The zero-order valence-electron chi connectivity index (χ0n) is 16.1. The maximum atomic E-state index is 12.4. The lowest BCUT2D eigenvalue weighted by atomic mass is 10.1. The summed E-state index contributed by atoms with van der Waals surface area (Å²) in [6, 6.07) is 10.9. The van der Waals surface area contributed by atoms with Gasteiger partial charge >= 0.3 is 6.03 Å². The number of benzene rings is 2. The van der Waals surface area contributed by atoms with Crippen molar-refractivity contribution in [3.63, 3.8) is 0 Å². The van der Waals surface area contributed by atoms with Gasteiger partial charge in [0.2, 0.25) is 5.91 Å². The monoisotopic (exact) mass is 367 g/mol. The third-order valence-electron chi connectivity index (χ3n) is 4.74. The molecule has 2 N–H and O–H groups in total. The minimum absolute atomic E-state index is 0.0174. The molecular formula is C21H25N3O3. The number of urea groups is 1. The first-order valence-corrected chi connectivity index (χ1v) is 8.97. The third-order valence-corrected chi connectivity index (χ3v) is 4.74. The second-order valence-electron chi connectivity index (χ2n) is 6.98. The van der Waals surface area contributed by atoms with E-state index < -0.39 is 0 Å². The molecule has 1 saturated heterocycles. The van der Waals surface area contributed by atoms with Gasteiger partial charge in [-0.2, -0.15) is 0 Å². The maximum Gasteiger partial charge on any atom is 0.319 e. The number of carbonyl (C=O) groups excluding carboxylic acids is 2. The Balaban J connectivity index is 1.65. The van der Waals surface area contributed by atoms with E-state index >= 15 is 0 Å². The van der Waals surface area contributed by atoms with E-state index in [0.717, 1.165) is 28.1 Å². The molecule has 2 aromatic carbocycles. The van der Waals surface area contributed by atoms with Gasteiger partial charge < -0.3 is 20.3 Å². The van der Waals surface area contributed by atoms with Crippen LogP contribution in [0.4, 0.5) is 16.2 Å². The van der Waals surface area contributed by atoms with E-state index in [4.69, 9.17) is 4.74 Å². The molecule has 1 fully saturated rings. The van der Waals surface area contributed by atoms with Crippen LogP contribution in [0.15, 0.2) is 36.4 Å². The molecule has 3 rings (SSSR count). The minimum Gasteiger partial charge on any atom is -0.497 e. The third kappa shape index (κ3) is 4.22. The highest BCUT2D eigenvalue weighted by Gasteiger charge is 2.31. The summed E-state index contributed by atoms with van der Waals surface area (Å²) >= 11 is 0. The number of methoxy groups -OCH3 is 1. The number of nitrogens with one attached hydrogen (secondary N) is 2. The van der Waals surface area contributed by atoms with Crippen LogP contribution in [0.2, 0.25) is 0 Å². The molecule has 0 saturated carbocycles. The fraction of sp³-hybridized carbons (Fsp3) is 0.333. The van der Waals surface area contributed by atoms with E-state index in [2.05, 4.69) is 10.6 Å². The Kier molecular flexibility index (Phi) is 5.35. The Bertz CT molecular complexity index is 856. The average molecular weight is 367 g/mol. The zero-order chi connectivity index (χ0) is 19.6. The first kappa shape index (κ1) is 18.8. The van der Waals surface area contributed by atoms with Crippen molar-refractivity contribution < 1.29 is 14.3 Å². The van der Waals surface area contributed by atoms with Gasteiger partial charge in [0.1, 0.15) is 5.75 Å². The summed E-state index contributed by atoms with van der Waals surface area (Å²) in [5.74, 6) is 0.677. The molecule has 0 aliphatic carbocycles. The van der Waals surface area contributed by atoms with Gasteiger partial charge in [-0.15, -0.1) is 0 Å². The summed E-state index contributed by atoms with van der Waals surface area (Å²) in [4.78, 5) is 26.5. The number of hydrogen-bond acceptors (Lipinski definition) is 3. The molecule has 2 aromatic rings. The fourth-order valence-corrected chi connectivity index (χ4v) is 3.54.